The van der Waals surface area contributed by atoms with Gasteiger partial charge in [-0.3, -0.25) is 14.2 Å². The number of piperidine rings is 1. The molecule has 0 spiro atoms. The van der Waals surface area contributed by atoms with E-state index < -0.39 is 0 Å². The van der Waals surface area contributed by atoms with Crippen LogP contribution in [-0.2, 0) is 4.79 Å². The van der Waals surface area contributed by atoms with Crippen LogP contribution in [0.25, 0.3) is 10.2 Å². The summed E-state index contributed by atoms with van der Waals surface area (Å²) in [6.45, 7) is 4.42. The molecule has 1 saturated heterocycles. The molecule has 0 saturated carbocycles. The molecular formula is C13H15N3O2S2. The van der Waals surface area contributed by atoms with Crippen LogP contribution < -0.4 is 10.9 Å². The number of hydrogen-bond donors (Lipinski definition) is 2. The molecule has 1 atom stereocenters. The zero-order chi connectivity index (χ0) is 14.4. The van der Waals surface area contributed by atoms with Crippen molar-refractivity contribution in [2.24, 2.45) is 0 Å². The van der Waals surface area contributed by atoms with Crippen LogP contribution in [0, 0.1) is 18.6 Å². The second-order valence-corrected chi connectivity index (χ2v) is 6.70. The Hall–Kier alpha value is -1.47. The summed E-state index contributed by atoms with van der Waals surface area (Å²) in [5, 5.41) is 3.52. The SMILES string of the molecule is Cc1sc2[nH]c(=S)n(C3CCC(=O)NC3)c(=O)c2c1C. The Morgan fingerprint density at radius 1 is 1.35 bits per heavy atom. The van der Waals surface area contributed by atoms with E-state index in [4.69, 9.17) is 12.2 Å². The van der Waals surface area contributed by atoms with Gasteiger partial charge in [-0.05, 0) is 38.0 Å². The van der Waals surface area contributed by atoms with E-state index in [0.29, 0.717) is 24.2 Å². The lowest BCUT2D eigenvalue weighted by molar-refractivity contribution is -0.122. The summed E-state index contributed by atoms with van der Waals surface area (Å²) in [6, 6.07) is -0.0621. The van der Waals surface area contributed by atoms with E-state index in [2.05, 4.69) is 10.3 Å². The fraction of sp³-hybridized carbons (Fsp3) is 0.462. The molecule has 1 unspecified atom stereocenters. The lowest BCUT2D eigenvalue weighted by Crippen LogP contribution is -2.40. The van der Waals surface area contributed by atoms with Crippen molar-refractivity contribution in [3.63, 3.8) is 0 Å². The predicted octanol–water partition coefficient (Wildman–Crippen LogP) is 2.19. The van der Waals surface area contributed by atoms with E-state index >= 15 is 0 Å². The zero-order valence-corrected chi connectivity index (χ0v) is 12.9. The third kappa shape index (κ3) is 2.01. The summed E-state index contributed by atoms with van der Waals surface area (Å²) in [4.78, 5) is 29.1. The number of hydrogen-bond acceptors (Lipinski definition) is 4. The molecule has 0 aromatic carbocycles. The summed E-state index contributed by atoms with van der Waals surface area (Å²) >= 11 is 6.89. The molecule has 1 aliphatic rings. The number of aromatic amines is 1. The van der Waals surface area contributed by atoms with Gasteiger partial charge in [0.25, 0.3) is 5.56 Å². The molecule has 7 heteroatoms. The number of nitrogens with one attached hydrogen (secondary N) is 2. The summed E-state index contributed by atoms with van der Waals surface area (Å²) in [5.74, 6) is 0.0350. The van der Waals surface area contributed by atoms with Crippen LogP contribution in [-0.4, -0.2) is 22.0 Å². The van der Waals surface area contributed by atoms with Gasteiger partial charge in [0, 0.05) is 17.8 Å². The van der Waals surface area contributed by atoms with Crippen molar-refractivity contribution >= 4 is 39.7 Å². The van der Waals surface area contributed by atoms with E-state index in [1.807, 2.05) is 13.8 Å². The third-order valence-electron chi connectivity index (χ3n) is 3.86. The molecule has 3 rings (SSSR count). The monoisotopic (exact) mass is 309 g/mol. The molecule has 1 amide bonds. The van der Waals surface area contributed by atoms with Crippen molar-refractivity contribution in [2.45, 2.75) is 32.7 Å². The van der Waals surface area contributed by atoms with Crippen LogP contribution in [0.2, 0.25) is 0 Å². The first kappa shape index (κ1) is 13.5. The van der Waals surface area contributed by atoms with E-state index in [1.54, 1.807) is 15.9 Å². The minimum atomic E-state index is -0.0621. The normalized spacial score (nSPS) is 19.3. The topological polar surface area (TPSA) is 66.9 Å². The minimum Gasteiger partial charge on any atom is -0.354 e. The van der Waals surface area contributed by atoms with E-state index in [0.717, 1.165) is 20.7 Å². The molecule has 1 aliphatic heterocycles. The summed E-state index contributed by atoms with van der Waals surface area (Å²) in [6.07, 6.45) is 1.09. The number of H-pyrrole nitrogens is 1. The Labute approximate surface area is 124 Å². The van der Waals surface area contributed by atoms with Crippen LogP contribution in [0.1, 0.15) is 29.3 Å². The molecule has 1 fully saturated rings. The van der Waals surface area contributed by atoms with Crippen molar-refractivity contribution in [3.05, 3.63) is 25.6 Å². The Morgan fingerprint density at radius 3 is 2.75 bits per heavy atom. The highest BCUT2D eigenvalue weighted by Gasteiger charge is 2.23. The number of carbonyl (C=O) groups excluding carboxylic acids is 1. The largest absolute Gasteiger partial charge is 0.354 e. The van der Waals surface area contributed by atoms with Crippen LogP contribution in [0.5, 0.6) is 0 Å². The number of rotatable bonds is 1. The van der Waals surface area contributed by atoms with Gasteiger partial charge in [-0.2, -0.15) is 0 Å². The average molecular weight is 309 g/mol. The molecule has 2 aromatic rings. The summed E-state index contributed by atoms with van der Waals surface area (Å²) in [5.41, 5.74) is 0.960. The Balaban J connectivity index is 2.21. The highest BCUT2D eigenvalue weighted by molar-refractivity contribution is 7.71. The van der Waals surface area contributed by atoms with E-state index in [-0.39, 0.29) is 17.5 Å². The third-order valence-corrected chi connectivity index (χ3v) is 5.28. The number of aryl methyl sites for hydroxylation is 2. The standard InChI is InChI=1S/C13H15N3O2S2/c1-6-7(2)20-11-10(6)12(18)16(13(19)15-11)8-3-4-9(17)14-5-8/h8H,3-5H2,1-2H3,(H,14,17)(H,15,19). The van der Waals surface area contributed by atoms with Gasteiger partial charge in [-0.1, -0.05) is 0 Å². The van der Waals surface area contributed by atoms with Gasteiger partial charge < -0.3 is 10.3 Å². The average Bonchev–Trinajstić information content (AvgIpc) is 2.67. The molecule has 106 valence electrons. The molecule has 0 bridgehead atoms. The smallest absolute Gasteiger partial charge is 0.263 e. The van der Waals surface area contributed by atoms with E-state index in [9.17, 15) is 9.59 Å². The van der Waals surface area contributed by atoms with Gasteiger partial charge in [0.05, 0.1) is 11.4 Å². The first-order valence-corrected chi connectivity index (χ1v) is 7.72. The van der Waals surface area contributed by atoms with Crippen LogP contribution >= 0.6 is 23.6 Å². The minimum absolute atomic E-state index is 0.0350. The van der Waals surface area contributed by atoms with Crippen molar-refractivity contribution in [1.82, 2.24) is 14.9 Å². The van der Waals surface area contributed by atoms with Gasteiger partial charge in [-0.15, -0.1) is 11.3 Å². The lowest BCUT2D eigenvalue weighted by Gasteiger charge is -2.24. The number of amides is 1. The Morgan fingerprint density at radius 2 is 2.10 bits per heavy atom. The Kier molecular flexibility index (Phi) is 3.25. The lowest BCUT2D eigenvalue weighted by atomic mass is 10.1. The van der Waals surface area contributed by atoms with Crippen molar-refractivity contribution in [3.8, 4) is 0 Å². The second kappa shape index (κ2) is 4.82. The fourth-order valence-electron chi connectivity index (χ4n) is 2.61. The maximum atomic E-state index is 12.7. The van der Waals surface area contributed by atoms with Gasteiger partial charge in [0.1, 0.15) is 4.83 Å². The number of nitrogens with zero attached hydrogens (tertiary/aromatic N) is 1. The van der Waals surface area contributed by atoms with E-state index in [1.165, 1.54) is 0 Å². The molecule has 20 heavy (non-hydrogen) atoms. The van der Waals surface area contributed by atoms with Crippen molar-refractivity contribution in [2.75, 3.05) is 6.54 Å². The summed E-state index contributed by atoms with van der Waals surface area (Å²) in [7, 11) is 0. The molecule has 0 radical (unpaired) electrons. The maximum absolute atomic E-state index is 12.7. The summed E-state index contributed by atoms with van der Waals surface area (Å²) < 4.78 is 2.06. The molecule has 2 N–H and O–H groups in total. The molecular weight excluding hydrogens is 294 g/mol. The first-order chi connectivity index (χ1) is 9.49. The highest BCUT2D eigenvalue weighted by atomic mass is 32.1. The number of thiophene rings is 1. The van der Waals surface area contributed by atoms with Crippen LogP contribution in [0.4, 0.5) is 0 Å². The highest BCUT2D eigenvalue weighted by Crippen LogP contribution is 2.27. The molecule has 5 nitrogen and oxygen atoms in total. The number of fused-ring (bicyclic) bond motifs is 1. The second-order valence-electron chi connectivity index (χ2n) is 5.09. The van der Waals surface area contributed by atoms with Crippen molar-refractivity contribution < 1.29 is 4.79 Å². The van der Waals surface area contributed by atoms with Crippen molar-refractivity contribution in [1.29, 1.82) is 0 Å². The Bertz CT molecular complexity index is 805. The van der Waals surface area contributed by atoms with Gasteiger partial charge in [-0.25, -0.2) is 0 Å². The van der Waals surface area contributed by atoms with Gasteiger partial charge in [0.2, 0.25) is 5.91 Å². The van der Waals surface area contributed by atoms with Crippen LogP contribution in [0.15, 0.2) is 4.79 Å². The molecule has 0 aliphatic carbocycles. The molecule has 3 heterocycles. The number of aromatic nitrogens is 2. The first-order valence-electron chi connectivity index (χ1n) is 6.50. The predicted molar refractivity (Wildman–Crippen MR) is 82.0 cm³/mol. The van der Waals surface area contributed by atoms with Crippen LogP contribution in [0.3, 0.4) is 0 Å². The fourth-order valence-corrected chi connectivity index (χ4v) is 4.06. The number of carbonyl (C=O) groups is 1. The van der Waals surface area contributed by atoms with Gasteiger partial charge >= 0.3 is 0 Å². The maximum Gasteiger partial charge on any atom is 0.263 e. The van der Waals surface area contributed by atoms with Gasteiger partial charge in [0.15, 0.2) is 4.77 Å². The zero-order valence-electron chi connectivity index (χ0n) is 11.3. The quantitative estimate of drug-likeness (QED) is 0.794. The molecule has 2 aromatic heterocycles.